The molecular weight excluding hydrogens is 418 g/mol. The summed E-state index contributed by atoms with van der Waals surface area (Å²) in [6.45, 7) is 8.43. The van der Waals surface area contributed by atoms with Crippen LogP contribution in [-0.4, -0.2) is 59.5 Å². The molecule has 2 unspecified atom stereocenters. The van der Waals surface area contributed by atoms with Crippen molar-refractivity contribution < 1.29 is 19.5 Å². The Morgan fingerprint density at radius 1 is 1.15 bits per heavy atom. The fraction of sp³-hybridized carbons (Fsp3) is 0.885. The van der Waals surface area contributed by atoms with Gasteiger partial charge in [0.1, 0.15) is 6.04 Å². The van der Waals surface area contributed by atoms with E-state index in [9.17, 15) is 19.5 Å². The summed E-state index contributed by atoms with van der Waals surface area (Å²) in [5.41, 5.74) is 0. The number of hydrogen-bond acceptors (Lipinski definition) is 4. The number of rotatable bonds is 7. The molecule has 1 aliphatic rings. The lowest BCUT2D eigenvalue weighted by Crippen LogP contribution is -2.52. The summed E-state index contributed by atoms with van der Waals surface area (Å²) in [7, 11) is 1.67. The molecule has 0 aliphatic carbocycles. The molecular formula is C26H49N3O4. The maximum Gasteiger partial charge on any atom is 0.242 e. The summed E-state index contributed by atoms with van der Waals surface area (Å²) in [4.78, 5) is 39.4. The van der Waals surface area contributed by atoms with Crippen LogP contribution < -0.4 is 10.6 Å². The van der Waals surface area contributed by atoms with E-state index in [0.717, 1.165) is 44.9 Å². The molecule has 7 nitrogen and oxygen atoms in total. The van der Waals surface area contributed by atoms with Crippen molar-refractivity contribution in [3.05, 3.63) is 0 Å². The molecule has 0 aromatic carbocycles. The number of aliphatic hydroxyl groups excluding tert-OH is 1. The van der Waals surface area contributed by atoms with Gasteiger partial charge >= 0.3 is 0 Å². The first-order valence-electron chi connectivity index (χ1n) is 13.2. The SMILES string of the molecule is CCCCNC(=O)C(C)CC(O)[C@@H]1C[C@H](C)CCCCCCCCC(=O)N(C)[C@@H](C)C(=O)N1. The molecule has 3 amide bonds. The number of nitrogens with zero attached hydrogens (tertiary/aromatic N) is 1. The zero-order valence-corrected chi connectivity index (χ0v) is 21.7. The van der Waals surface area contributed by atoms with Crippen LogP contribution in [0.1, 0.15) is 105 Å². The van der Waals surface area contributed by atoms with Crippen molar-refractivity contribution in [3.8, 4) is 0 Å². The van der Waals surface area contributed by atoms with Gasteiger partial charge in [0.05, 0.1) is 12.1 Å². The molecule has 1 rings (SSSR count). The molecule has 33 heavy (non-hydrogen) atoms. The quantitative estimate of drug-likeness (QED) is 0.496. The highest BCUT2D eigenvalue weighted by Gasteiger charge is 2.30. The summed E-state index contributed by atoms with van der Waals surface area (Å²) in [6.07, 6.45) is 10.1. The van der Waals surface area contributed by atoms with Crippen molar-refractivity contribution in [2.24, 2.45) is 11.8 Å². The second-order valence-electron chi connectivity index (χ2n) is 10.1. The van der Waals surface area contributed by atoms with E-state index in [-0.39, 0.29) is 23.6 Å². The zero-order chi connectivity index (χ0) is 24.8. The molecule has 0 bridgehead atoms. The van der Waals surface area contributed by atoms with Crippen LogP contribution >= 0.6 is 0 Å². The van der Waals surface area contributed by atoms with E-state index in [1.807, 2.05) is 6.92 Å². The normalized spacial score (nSPS) is 26.4. The molecule has 0 saturated carbocycles. The highest BCUT2D eigenvalue weighted by molar-refractivity contribution is 5.87. The third-order valence-corrected chi connectivity index (χ3v) is 7.01. The van der Waals surface area contributed by atoms with Crippen LogP contribution in [0, 0.1) is 11.8 Å². The fourth-order valence-corrected chi connectivity index (χ4v) is 4.41. The zero-order valence-electron chi connectivity index (χ0n) is 21.7. The third-order valence-electron chi connectivity index (χ3n) is 7.01. The molecule has 3 N–H and O–H groups in total. The van der Waals surface area contributed by atoms with Crippen LogP contribution in [0.3, 0.4) is 0 Å². The number of carbonyl (C=O) groups excluding carboxylic acids is 3. The number of hydrogen-bond donors (Lipinski definition) is 3. The van der Waals surface area contributed by atoms with Crippen molar-refractivity contribution >= 4 is 17.7 Å². The molecule has 1 saturated heterocycles. The van der Waals surface area contributed by atoms with E-state index in [2.05, 4.69) is 24.5 Å². The van der Waals surface area contributed by atoms with E-state index in [0.29, 0.717) is 31.7 Å². The lowest BCUT2D eigenvalue weighted by atomic mass is 9.89. The van der Waals surface area contributed by atoms with Gasteiger partial charge in [0.2, 0.25) is 17.7 Å². The van der Waals surface area contributed by atoms with Gasteiger partial charge in [-0.2, -0.15) is 0 Å². The molecule has 0 radical (unpaired) electrons. The van der Waals surface area contributed by atoms with Gasteiger partial charge in [-0.05, 0) is 38.5 Å². The van der Waals surface area contributed by atoms with Gasteiger partial charge in [0.25, 0.3) is 0 Å². The summed E-state index contributed by atoms with van der Waals surface area (Å²) in [5.74, 6) is -0.331. The number of amides is 3. The Labute approximate surface area is 201 Å². The summed E-state index contributed by atoms with van der Waals surface area (Å²) >= 11 is 0. The Morgan fingerprint density at radius 2 is 1.79 bits per heavy atom. The van der Waals surface area contributed by atoms with Gasteiger partial charge in [-0.3, -0.25) is 14.4 Å². The maximum atomic E-state index is 13.0. The monoisotopic (exact) mass is 467 g/mol. The number of aliphatic hydroxyl groups is 1. The highest BCUT2D eigenvalue weighted by atomic mass is 16.3. The van der Waals surface area contributed by atoms with Crippen molar-refractivity contribution in [3.63, 3.8) is 0 Å². The second-order valence-corrected chi connectivity index (χ2v) is 10.1. The van der Waals surface area contributed by atoms with Crippen molar-refractivity contribution in [2.45, 2.75) is 123 Å². The molecule has 192 valence electrons. The van der Waals surface area contributed by atoms with Crippen molar-refractivity contribution in [2.75, 3.05) is 13.6 Å². The van der Waals surface area contributed by atoms with E-state index in [1.54, 1.807) is 14.0 Å². The largest absolute Gasteiger partial charge is 0.391 e. The number of carbonyl (C=O) groups is 3. The van der Waals surface area contributed by atoms with Crippen LogP contribution in [0.2, 0.25) is 0 Å². The molecule has 1 heterocycles. The van der Waals surface area contributed by atoms with Gasteiger partial charge in [-0.1, -0.05) is 65.7 Å². The first-order chi connectivity index (χ1) is 15.7. The predicted octanol–water partition coefficient (Wildman–Crippen LogP) is 3.78. The van der Waals surface area contributed by atoms with Crippen LogP contribution in [0.4, 0.5) is 0 Å². The summed E-state index contributed by atoms with van der Waals surface area (Å²) < 4.78 is 0. The molecule has 0 aromatic rings. The lowest BCUT2D eigenvalue weighted by molar-refractivity contribution is -0.139. The van der Waals surface area contributed by atoms with Gasteiger partial charge in [-0.25, -0.2) is 0 Å². The molecule has 7 heteroatoms. The number of unbranched alkanes of at least 4 members (excludes halogenated alkanes) is 1. The highest BCUT2D eigenvalue weighted by Crippen LogP contribution is 2.21. The minimum absolute atomic E-state index is 0.0208. The third kappa shape index (κ3) is 11.4. The molecule has 5 atom stereocenters. The first kappa shape index (κ1) is 29.4. The predicted molar refractivity (Wildman–Crippen MR) is 133 cm³/mol. The van der Waals surface area contributed by atoms with Gasteiger partial charge in [-0.15, -0.1) is 0 Å². The summed E-state index contributed by atoms with van der Waals surface area (Å²) in [6, 6.07) is -1.05. The standard InChI is InChI=1S/C26H49N3O4/c1-6-7-16-27-25(32)20(3)18-23(30)22-17-19(2)14-12-10-8-9-11-13-15-24(31)29(5)21(4)26(33)28-22/h19-23,30H,6-18H2,1-5H3,(H,27,32)(H,28,33)/t19-,20?,21+,22+,23?/m1/s1. The Balaban J connectivity index is 2.86. The topological polar surface area (TPSA) is 98.7 Å². The Morgan fingerprint density at radius 3 is 2.45 bits per heavy atom. The smallest absolute Gasteiger partial charge is 0.242 e. The average Bonchev–Trinajstić information content (AvgIpc) is 2.78. The maximum absolute atomic E-state index is 13.0. The molecule has 1 aliphatic heterocycles. The number of nitrogens with one attached hydrogen (secondary N) is 2. The molecule has 0 spiro atoms. The lowest BCUT2D eigenvalue weighted by Gasteiger charge is -2.31. The van der Waals surface area contributed by atoms with Crippen LogP contribution in [0.15, 0.2) is 0 Å². The van der Waals surface area contributed by atoms with Gasteiger partial charge in [0.15, 0.2) is 0 Å². The fourth-order valence-electron chi connectivity index (χ4n) is 4.41. The van der Waals surface area contributed by atoms with E-state index < -0.39 is 18.2 Å². The minimum Gasteiger partial charge on any atom is -0.391 e. The van der Waals surface area contributed by atoms with E-state index in [4.69, 9.17) is 0 Å². The Kier molecular flexibility index (Phi) is 14.3. The molecule has 1 fully saturated rings. The van der Waals surface area contributed by atoms with Crippen LogP contribution in [-0.2, 0) is 14.4 Å². The van der Waals surface area contributed by atoms with Crippen LogP contribution in [0.25, 0.3) is 0 Å². The minimum atomic E-state index is -0.824. The van der Waals surface area contributed by atoms with Crippen molar-refractivity contribution in [1.29, 1.82) is 0 Å². The molecule has 0 aromatic heterocycles. The van der Waals surface area contributed by atoms with E-state index >= 15 is 0 Å². The summed E-state index contributed by atoms with van der Waals surface area (Å²) in [5, 5.41) is 17.0. The van der Waals surface area contributed by atoms with Crippen molar-refractivity contribution in [1.82, 2.24) is 15.5 Å². The average molecular weight is 468 g/mol. The second kappa shape index (κ2) is 16.1. The Bertz CT molecular complexity index is 598. The van der Waals surface area contributed by atoms with Gasteiger partial charge < -0.3 is 20.6 Å². The Hall–Kier alpha value is -1.63. The van der Waals surface area contributed by atoms with Crippen LogP contribution in [0.5, 0.6) is 0 Å². The van der Waals surface area contributed by atoms with Gasteiger partial charge in [0, 0.05) is 25.9 Å². The first-order valence-corrected chi connectivity index (χ1v) is 13.2. The van der Waals surface area contributed by atoms with E-state index in [1.165, 1.54) is 17.7 Å². The number of likely N-dealkylation sites (N-methyl/N-ethyl adjacent to an activating group) is 1.